The van der Waals surface area contributed by atoms with Gasteiger partial charge in [0.2, 0.25) is 0 Å². The van der Waals surface area contributed by atoms with Crippen molar-refractivity contribution in [1.82, 2.24) is 9.97 Å². The van der Waals surface area contributed by atoms with Crippen LogP contribution in [-0.2, 0) is 0 Å². The van der Waals surface area contributed by atoms with Crippen LogP contribution >= 0.6 is 28.3 Å². The molecule has 2 aromatic heterocycles. The number of hydrogen-bond donors (Lipinski definition) is 2. The number of thiazole rings is 1. The topological polar surface area (TPSA) is 63.8 Å². The second-order valence-corrected chi connectivity index (χ2v) is 3.26. The minimum absolute atomic E-state index is 0. The fourth-order valence-corrected chi connectivity index (χ4v) is 1.59. The highest BCUT2D eigenvalue weighted by molar-refractivity contribution is 8.93. The van der Waals surface area contributed by atoms with E-state index >= 15 is 0 Å². The molecule has 0 amide bonds. The van der Waals surface area contributed by atoms with Gasteiger partial charge in [-0.25, -0.2) is 10.8 Å². The molecule has 0 aromatic carbocycles. The number of aromatic nitrogens is 2. The lowest BCUT2D eigenvalue weighted by Gasteiger charge is -1.92. The molecular formula is C8H9BrN4S. The van der Waals surface area contributed by atoms with Gasteiger partial charge in [0.05, 0.1) is 5.69 Å². The molecule has 0 aliphatic rings. The van der Waals surface area contributed by atoms with E-state index in [1.165, 1.54) is 11.3 Å². The van der Waals surface area contributed by atoms with Gasteiger partial charge in [0.25, 0.3) is 0 Å². The average Bonchev–Trinajstić information content (AvgIpc) is 2.67. The van der Waals surface area contributed by atoms with E-state index in [9.17, 15) is 0 Å². The first-order valence-corrected chi connectivity index (χ1v) is 4.61. The molecule has 74 valence electrons. The van der Waals surface area contributed by atoms with Crippen molar-refractivity contribution in [2.75, 3.05) is 5.43 Å². The zero-order valence-corrected chi connectivity index (χ0v) is 9.70. The maximum absolute atomic E-state index is 5.22. The average molecular weight is 273 g/mol. The standard InChI is InChI=1S/C8H8N4S.BrH/c9-12-8-11-7(5-13-8)6-3-1-2-4-10-6;/h1-5H,9H2,(H,11,12);1H. The molecule has 3 N–H and O–H groups in total. The Bertz CT molecular complexity index is 389. The van der Waals surface area contributed by atoms with Crippen LogP contribution in [0.4, 0.5) is 5.13 Å². The van der Waals surface area contributed by atoms with Crippen molar-refractivity contribution in [1.29, 1.82) is 0 Å². The van der Waals surface area contributed by atoms with Crippen molar-refractivity contribution >= 4 is 33.4 Å². The Morgan fingerprint density at radius 3 is 2.71 bits per heavy atom. The van der Waals surface area contributed by atoms with Crippen LogP contribution in [0.25, 0.3) is 11.4 Å². The highest BCUT2D eigenvalue weighted by Crippen LogP contribution is 2.21. The summed E-state index contributed by atoms with van der Waals surface area (Å²) in [7, 11) is 0. The Balaban J connectivity index is 0.000000980. The van der Waals surface area contributed by atoms with Crippen molar-refractivity contribution in [3.63, 3.8) is 0 Å². The Morgan fingerprint density at radius 1 is 1.29 bits per heavy atom. The third-order valence-electron chi connectivity index (χ3n) is 1.55. The molecule has 4 nitrogen and oxygen atoms in total. The molecule has 0 spiro atoms. The maximum Gasteiger partial charge on any atom is 0.197 e. The number of hydrazine groups is 1. The zero-order chi connectivity index (χ0) is 9.10. The predicted octanol–water partition coefficient (Wildman–Crippen LogP) is 2.07. The normalized spacial score (nSPS) is 9.21. The van der Waals surface area contributed by atoms with E-state index in [4.69, 9.17) is 5.84 Å². The largest absolute Gasteiger partial charge is 0.300 e. The van der Waals surface area contributed by atoms with Crippen LogP contribution in [0, 0.1) is 0 Å². The van der Waals surface area contributed by atoms with Gasteiger partial charge < -0.3 is 0 Å². The molecule has 0 fully saturated rings. The molecule has 0 unspecified atom stereocenters. The Kier molecular flexibility index (Phi) is 3.99. The SMILES string of the molecule is Br.NNc1nc(-c2ccccn2)cs1. The van der Waals surface area contributed by atoms with E-state index in [1.54, 1.807) is 6.20 Å². The molecular weight excluding hydrogens is 264 g/mol. The number of anilines is 1. The van der Waals surface area contributed by atoms with E-state index in [0.717, 1.165) is 11.4 Å². The third kappa shape index (κ3) is 2.28. The van der Waals surface area contributed by atoms with Crippen LogP contribution in [0.2, 0.25) is 0 Å². The predicted molar refractivity (Wildman–Crippen MR) is 63.5 cm³/mol. The molecule has 2 heterocycles. The van der Waals surface area contributed by atoms with Gasteiger partial charge in [0.15, 0.2) is 5.13 Å². The van der Waals surface area contributed by atoms with Gasteiger partial charge in [-0.2, -0.15) is 0 Å². The number of nitrogens with zero attached hydrogens (tertiary/aromatic N) is 2. The van der Waals surface area contributed by atoms with Gasteiger partial charge in [-0.3, -0.25) is 10.4 Å². The van der Waals surface area contributed by atoms with Crippen LogP contribution in [0.1, 0.15) is 0 Å². The van der Waals surface area contributed by atoms with E-state index in [1.807, 2.05) is 23.6 Å². The number of nitrogen functional groups attached to an aromatic ring is 1. The van der Waals surface area contributed by atoms with Gasteiger partial charge in [-0.1, -0.05) is 6.07 Å². The molecule has 2 aromatic rings. The summed E-state index contributed by atoms with van der Waals surface area (Å²) in [6, 6.07) is 5.71. The molecule has 0 bridgehead atoms. The van der Waals surface area contributed by atoms with E-state index in [2.05, 4.69) is 15.4 Å². The monoisotopic (exact) mass is 272 g/mol. The minimum Gasteiger partial charge on any atom is -0.300 e. The second-order valence-electron chi connectivity index (χ2n) is 2.40. The summed E-state index contributed by atoms with van der Waals surface area (Å²) in [6.45, 7) is 0. The molecule has 0 aliphatic carbocycles. The van der Waals surface area contributed by atoms with Gasteiger partial charge in [0, 0.05) is 11.6 Å². The first kappa shape index (κ1) is 11.1. The summed E-state index contributed by atoms with van der Waals surface area (Å²) in [4.78, 5) is 8.39. The van der Waals surface area contributed by atoms with Gasteiger partial charge >= 0.3 is 0 Å². The summed E-state index contributed by atoms with van der Waals surface area (Å²) >= 11 is 1.46. The Labute approximate surface area is 95.9 Å². The van der Waals surface area contributed by atoms with E-state index in [-0.39, 0.29) is 17.0 Å². The van der Waals surface area contributed by atoms with E-state index < -0.39 is 0 Å². The first-order valence-electron chi connectivity index (χ1n) is 3.73. The van der Waals surface area contributed by atoms with Crippen molar-refractivity contribution in [2.24, 2.45) is 5.84 Å². The molecule has 0 saturated carbocycles. The summed E-state index contributed by atoms with van der Waals surface area (Å²) in [5.74, 6) is 5.22. The molecule has 2 rings (SSSR count). The lowest BCUT2D eigenvalue weighted by Crippen LogP contribution is -2.05. The lowest BCUT2D eigenvalue weighted by molar-refractivity contribution is 1.25. The summed E-state index contributed by atoms with van der Waals surface area (Å²) in [5, 5.41) is 2.61. The minimum atomic E-state index is 0. The molecule has 0 aliphatic heterocycles. The summed E-state index contributed by atoms with van der Waals surface area (Å²) < 4.78 is 0. The van der Waals surface area contributed by atoms with Crippen molar-refractivity contribution < 1.29 is 0 Å². The summed E-state index contributed by atoms with van der Waals surface area (Å²) in [5.41, 5.74) is 4.20. The summed E-state index contributed by atoms with van der Waals surface area (Å²) in [6.07, 6.45) is 1.74. The van der Waals surface area contributed by atoms with Crippen molar-refractivity contribution in [2.45, 2.75) is 0 Å². The Morgan fingerprint density at radius 2 is 2.14 bits per heavy atom. The molecule has 0 atom stereocenters. The number of nitrogens with two attached hydrogens (primary N) is 1. The number of rotatable bonds is 2. The number of nitrogens with one attached hydrogen (secondary N) is 1. The lowest BCUT2D eigenvalue weighted by atomic mass is 10.3. The molecule has 0 radical (unpaired) electrons. The highest BCUT2D eigenvalue weighted by Gasteiger charge is 2.02. The third-order valence-corrected chi connectivity index (χ3v) is 2.33. The second kappa shape index (κ2) is 5.04. The number of hydrogen-bond acceptors (Lipinski definition) is 5. The van der Waals surface area contributed by atoms with Crippen molar-refractivity contribution in [3.05, 3.63) is 29.8 Å². The van der Waals surface area contributed by atoms with Crippen LogP contribution < -0.4 is 11.3 Å². The number of pyridine rings is 1. The first-order chi connectivity index (χ1) is 6.40. The van der Waals surface area contributed by atoms with Crippen LogP contribution in [-0.4, -0.2) is 9.97 Å². The quantitative estimate of drug-likeness (QED) is 0.649. The van der Waals surface area contributed by atoms with E-state index in [0.29, 0.717) is 5.13 Å². The number of halogens is 1. The fourth-order valence-electron chi connectivity index (χ4n) is 0.972. The van der Waals surface area contributed by atoms with Crippen molar-refractivity contribution in [3.8, 4) is 11.4 Å². The molecule has 0 saturated heterocycles. The van der Waals surface area contributed by atoms with Crippen LogP contribution in [0.15, 0.2) is 29.8 Å². The van der Waals surface area contributed by atoms with Gasteiger partial charge in [0.1, 0.15) is 5.69 Å². The Hall–Kier alpha value is -0.980. The highest BCUT2D eigenvalue weighted by atomic mass is 79.9. The maximum atomic E-state index is 5.22. The molecule has 14 heavy (non-hydrogen) atoms. The van der Waals surface area contributed by atoms with Crippen LogP contribution in [0.3, 0.4) is 0 Å². The zero-order valence-electron chi connectivity index (χ0n) is 7.18. The molecule has 6 heteroatoms. The van der Waals surface area contributed by atoms with Gasteiger partial charge in [-0.05, 0) is 12.1 Å². The van der Waals surface area contributed by atoms with Gasteiger partial charge in [-0.15, -0.1) is 28.3 Å². The fraction of sp³-hybridized carbons (Fsp3) is 0. The smallest absolute Gasteiger partial charge is 0.197 e. The van der Waals surface area contributed by atoms with Crippen LogP contribution in [0.5, 0.6) is 0 Å².